The van der Waals surface area contributed by atoms with Crippen LogP contribution in [0.25, 0.3) is 0 Å². The summed E-state index contributed by atoms with van der Waals surface area (Å²) in [5.74, 6) is 2.83. The molecule has 1 aromatic carbocycles. The Labute approximate surface area is 151 Å². The predicted octanol–water partition coefficient (Wildman–Crippen LogP) is 3.98. The highest BCUT2D eigenvalue weighted by Crippen LogP contribution is 2.40. The van der Waals surface area contributed by atoms with E-state index in [2.05, 4.69) is 6.07 Å². The molecule has 0 saturated heterocycles. The normalized spacial score (nSPS) is 29.6. The van der Waals surface area contributed by atoms with Gasteiger partial charge in [-0.25, -0.2) is 0 Å². The molecule has 0 bridgehead atoms. The largest absolute Gasteiger partial charge is 0.493 e. The van der Waals surface area contributed by atoms with Crippen molar-refractivity contribution in [2.24, 2.45) is 11.8 Å². The van der Waals surface area contributed by atoms with E-state index < -0.39 is 0 Å². The third kappa shape index (κ3) is 4.68. The maximum absolute atomic E-state index is 9.87. The molecule has 0 spiro atoms. The van der Waals surface area contributed by atoms with Crippen LogP contribution in [0.2, 0.25) is 0 Å². The first kappa shape index (κ1) is 18.5. The SMILES string of the molecule is COc1ccc(CCO[C@@H]2CCCC[C@H]2C2CC[C@@H](O)C2)cc1OC. The van der Waals surface area contributed by atoms with Crippen LogP contribution in [-0.2, 0) is 11.2 Å². The molecule has 1 unspecified atom stereocenters. The van der Waals surface area contributed by atoms with E-state index in [1.807, 2.05) is 12.1 Å². The fraction of sp³-hybridized carbons (Fsp3) is 0.714. The average molecular weight is 348 g/mol. The Bertz CT molecular complexity index is 545. The summed E-state index contributed by atoms with van der Waals surface area (Å²) in [7, 11) is 3.32. The van der Waals surface area contributed by atoms with Crippen LogP contribution in [0.1, 0.15) is 50.5 Å². The minimum Gasteiger partial charge on any atom is -0.493 e. The molecule has 2 saturated carbocycles. The van der Waals surface area contributed by atoms with Crippen LogP contribution in [-0.4, -0.2) is 38.1 Å². The molecular formula is C21H32O4. The van der Waals surface area contributed by atoms with Crippen molar-refractivity contribution in [2.45, 2.75) is 63.6 Å². The zero-order valence-corrected chi connectivity index (χ0v) is 15.6. The summed E-state index contributed by atoms with van der Waals surface area (Å²) in [6.45, 7) is 0.742. The highest BCUT2D eigenvalue weighted by atomic mass is 16.5. The molecule has 0 heterocycles. The summed E-state index contributed by atoms with van der Waals surface area (Å²) in [5, 5.41) is 9.87. The fourth-order valence-corrected chi connectivity index (χ4v) is 4.62. The van der Waals surface area contributed by atoms with Gasteiger partial charge in [0.1, 0.15) is 0 Å². The number of methoxy groups -OCH3 is 2. The van der Waals surface area contributed by atoms with E-state index in [1.54, 1.807) is 14.2 Å². The Balaban J connectivity index is 1.53. The van der Waals surface area contributed by atoms with Crippen LogP contribution in [0.5, 0.6) is 11.5 Å². The van der Waals surface area contributed by atoms with Gasteiger partial charge in [-0.1, -0.05) is 18.9 Å². The van der Waals surface area contributed by atoms with E-state index in [9.17, 15) is 5.11 Å². The molecule has 0 aliphatic heterocycles. The lowest BCUT2D eigenvalue weighted by molar-refractivity contribution is -0.0303. The van der Waals surface area contributed by atoms with E-state index >= 15 is 0 Å². The molecule has 25 heavy (non-hydrogen) atoms. The van der Waals surface area contributed by atoms with Crippen LogP contribution < -0.4 is 9.47 Å². The Hall–Kier alpha value is -1.26. The number of aliphatic hydroxyl groups is 1. The van der Waals surface area contributed by atoms with Crippen molar-refractivity contribution in [1.82, 2.24) is 0 Å². The Morgan fingerprint density at radius 1 is 1.00 bits per heavy atom. The number of hydrogen-bond donors (Lipinski definition) is 1. The van der Waals surface area contributed by atoms with E-state index in [1.165, 1.54) is 37.7 Å². The van der Waals surface area contributed by atoms with Crippen molar-refractivity contribution in [2.75, 3.05) is 20.8 Å². The summed E-state index contributed by atoms with van der Waals surface area (Å²) in [4.78, 5) is 0. The van der Waals surface area contributed by atoms with E-state index in [-0.39, 0.29) is 6.10 Å². The molecule has 2 aliphatic carbocycles. The molecule has 1 N–H and O–H groups in total. The Kier molecular flexibility index (Phi) is 6.60. The van der Waals surface area contributed by atoms with Gasteiger partial charge in [-0.05, 0) is 68.1 Å². The summed E-state index contributed by atoms with van der Waals surface area (Å²) in [5.41, 5.74) is 1.21. The van der Waals surface area contributed by atoms with E-state index in [0.29, 0.717) is 17.9 Å². The van der Waals surface area contributed by atoms with Crippen molar-refractivity contribution < 1.29 is 19.3 Å². The van der Waals surface area contributed by atoms with Crippen LogP contribution >= 0.6 is 0 Å². The molecule has 140 valence electrons. The van der Waals surface area contributed by atoms with Gasteiger partial charge < -0.3 is 19.3 Å². The maximum atomic E-state index is 9.87. The average Bonchev–Trinajstić information content (AvgIpc) is 3.08. The molecular weight excluding hydrogens is 316 g/mol. The number of hydrogen-bond acceptors (Lipinski definition) is 4. The quantitative estimate of drug-likeness (QED) is 0.809. The third-order valence-corrected chi connectivity index (χ3v) is 5.98. The maximum Gasteiger partial charge on any atom is 0.160 e. The van der Waals surface area contributed by atoms with Gasteiger partial charge >= 0.3 is 0 Å². The van der Waals surface area contributed by atoms with Gasteiger partial charge in [0, 0.05) is 0 Å². The standard InChI is InChI=1S/C21H32O4/c1-23-20-10-7-15(13-21(20)24-2)11-12-25-19-6-4-3-5-18(19)16-8-9-17(22)14-16/h7,10,13,16-19,22H,3-6,8-9,11-12,14H2,1-2H3/t16?,17-,18+,19-/m1/s1. The lowest BCUT2D eigenvalue weighted by Gasteiger charge is -2.35. The van der Waals surface area contributed by atoms with Crippen molar-refractivity contribution in [1.29, 1.82) is 0 Å². The van der Waals surface area contributed by atoms with Crippen LogP contribution in [0.15, 0.2) is 18.2 Å². The van der Waals surface area contributed by atoms with Gasteiger partial charge in [-0.3, -0.25) is 0 Å². The lowest BCUT2D eigenvalue weighted by Crippen LogP contribution is -2.33. The zero-order chi connectivity index (χ0) is 17.6. The fourth-order valence-electron chi connectivity index (χ4n) is 4.62. The summed E-state index contributed by atoms with van der Waals surface area (Å²) in [6.07, 6.45) is 9.29. The monoisotopic (exact) mass is 348 g/mol. The van der Waals surface area contributed by atoms with Gasteiger partial charge in [0.2, 0.25) is 0 Å². The van der Waals surface area contributed by atoms with Crippen LogP contribution in [0, 0.1) is 11.8 Å². The second-order valence-electron chi connectivity index (χ2n) is 7.52. The summed E-state index contributed by atoms with van der Waals surface area (Å²) >= 11 is 0. The van der Waals surface area contributed by atoms with Gasteiger partial charge in [-0.2, -0.15) is 0 Å². The zero-order valence-electron chi connectivity index (χ0n) is 15.6. The molecule has 2 aliphatic rings. The second kappa shape index (κ2) is 8.91. The van der Waals surface area contributed by atoms with Crippen molar-refractivity contribution >= 4 is 0 Å². The Morgan fingerprint density at radius 3 is 2.52 bits per heavy atom. The van der Waals surface area contributed by atoms with Gasteiger partial charge in [0.15, 0.2) is 11.5 Å². The minimum absolute atomic E-state index is 0.0839. The first-order valence-electron chi connectivity index (χ1n) is 9.72. The molecule has 4 heteroatoms. The molecule has 0 amide bonds. The third-order valence-electron chi connectivity index (χ3n) is 5.98. The number of aliphatic hydroxyl groups excluding tert-OH is 1. The number of rotatable bonds is 7. The first-order chi connectivity index (χ1) is 12.2. The Morgan fingerprint density at radius 2 is 1.80 bits per heavy atom. The molecule has 4 atom stereocenters. The smallest absolute Gasteiger partial charge is 0.160 e. The van der Waals surface area contributed by atoms with Gasteiger partial charge in [0.25, 0.3) is 0 Å². The first-order valence-corrected chi connectivity index (χ1v) is 9.72. The highest BCUT2D eigenvalue weighted by Gasteiger charge is 2.36. The molecule has 1 aromatic rings. The second-order valence-corrected chi connectivity index (χ2v) is 7.52. The van der Waals surface area contributed by atoms with Crippen LogP contribution in [0.3, 0.4) is 0 Å². The molecule has 3 rings (SSSR count). The predicted molar refractivity (Wildman–Crippen MR) is 98.3 cm³/mol. The number of benzene rings is 1. The van der Waals surface area contributed by atoms with Crippen molar-refractivity contribution in [3.8, 4) is 11.5 Å². The summed E-state index contributed by atoms with van der Waals surface area (Å²) in [6, 6.07) is 6.07. The van der Waals surface area contributed by atoms with E-state index in [4.69, 9.17) is 14.2 Å². The highest BCUT2D eigenvalue weighted by molar-refractivity contribution is 5.42. The van der Waals surface area contributed by atoms with Gasteiger partial charge in [-0.15, -0.1) is 0 Å². The van der Waals surface area contributed by atoms with Gasteiger partial charge in [0.05, 0.1) is 33.0 Å². The number of ether oxygens (including phenoxy) is 3. The topological polar surface area (TPSA) is 47.9 Å². The molecule has 0 aromatic heterocycles. The lowest BCUT2D eigenvalue weighted by atomic mass is 9.77. The molecule has 4 nitrogen and oxygen atoms in total. The van der Waals surface area contributed by atoms with Crippen LogP contribution in [0.4, 0.5) is 0 Å². The van der Waals surface area contributed by atoms with E-state index in [0.717, 1.165) is 37.4 Å². The van der Waals surface area contributed by atoms with Crippen molar-refractivity contribution in [3.63, 3.8) is 0 Å². The molecule has 0 radical (unpaired) electrons. The molecule has 2 fully saturated rings. The summed E-state index contributed by atoms with van der Waals surface area (Å²) < 4.78 is 17.0. The van der Waals surface area contributed by atoms with Crippen molar-refractivity contribution in [3.05, 3.63) is 23.8 Å². The minimum atomic E-state index is -0.0839.